The summed E-state index contributed by atoms with van der Waals surface area (Å²) < 4.78 is 0.839. The van der Waals surface area contributed by atoms with Gasteiger partial charge in [0.25, 0.3) is 0 Å². The molecule has 0 N–H and O–H groups in total. The van der Waals surface area contributed by atoms with Gasteiger partial charge >= 0.3 is 0 Å². The van der Waals surface area contributed by atoms with Crippen LogP contribution in [0, 0.1) is 10.5 Å². The molecule has 5 heteroatoms. The van der Waals surface area contributed by atoms with Gasteiger partial charge in [-0.1, -0.05) is 17.7 Å². The summed E-state index contributed by atoms with van der Waals surface area (Å²) in [5.41, 5.74) is 1.81. The van der Waals surface area contributed by atoms with Crippen molar-refractivity contribution >= 4 is 34.2 Å². The average Bonchev–Trinajstić information content (AvgIpc) is 2.23. The molecule has 0 spiro atoms. The Labute approximate surface area is 106 Å². The van der Waals surface area contributed by atoms with Crippen LogP contribution >= 0.6 is 34.2 Å². The van der Waals surface area contributed by atoms with E-state index in [2.05, 4.69) is 37.5 Å². The normalized spacial score (nSPS) is 10.3. The van der Waals surface area contributed by atoms with E-state index in [0.717, 1.165) is 14.8 Å². The molecule has 0 aliphatic carbocycles. The van der Waals surface area contributed by atoms with Gasteiger partial charge in [0.05, 0.1) is 3.57 Å². The van der Waals surface area contributed by atoms with Gasteiger partial charge in [0.2, 0.25) is 0 Å². The average molecular weight is 332 g/mol. The first-order valence-corrected chi connectivity index (χ1v) is 5.74. The molecule has 0 bridgehead atoms. The maximum absolute atomic E-state index is 5.93. The molecule has 2 aromatic rings. The molecule has 0 aliphatic rings. The Morgan fingerprint density at radius 3 is 2.80 bits per heavy atom. The van der Waals surface area contributed by atoms with Crippen LogP contribution in [0.15, 0.2) is 24.5 Å². The van der Waals surface area contributed by atoms with Crippen LogP contribution in [0.2, 0.25) is 5.15 Å². The second-order valence-corrected chi connectivity index (χ2v) is 4.52. The van der Waals surface area contributed by atoms with Crippen molar-refractivity contribution in [1.82, 2.24) is 15.0 Å². The van der Waals surface area contributed by atoms with Gasteiger partial charge in [0, 0.05) is 12.4 Å². The van der Waals surface area contributed by atoms with Crippen molar-refractivity contribution in [3.05, 3.63) is 38.8 Å². The lowest BCUT2D eigenvalue weighted by Crippen LogP contribution is -1.95. The van der Waals surface area contributed by atoms with E-state index in [4.69, 9.17) is 11.6 Å². The van der Waals surface area contributed by atoms with Gasteiger partial charge in [-0.15, -0.1) is 0 Å². The first-order valence-electron chi connectivity index (χ1n) is 4.28. The lowest BCUT2D eigenvalue weighted by Gasteiger charge is -2.03. The standard InChI is InChI=1S/C10H7ClIN3/c1-6-3-2-4-13-8(6)10-14-5-7(12)9(11)15-10/h2-5H,1H3. The third-order valence-electron chi connectivity index (χ3n) is 1.92. The SMILES string of the molecule is Cc1cccnc1-c1ncc(I)c(Cl)n1. The molecule has 0 aliphatic heterocycles. The minimum Gasteiger partial charge on any atom is -0.253 e. The molecule has 0 atom stereocenters. The Morgan fingerprint density at radius 2 is 2.13 bits per heavy atom. The lowest BCUT2D eigenvalue weighted by molar-refractivity contribution is 1.11. The molecule has 0 aromatic carbocycles. The number of hydrogen-bond donors (Lipinski definition) is 0. The van der Waals surface area contributed by atoms with Crippen molar-refractivity contribution in [1.29, 1.82) is 0 Å². The second-order valence-electron chi connectivity index (χ2n) is 3.00. The van der Waals surface area contributed by atoms with Crippen LogP contribution in [0.5, 0.6) is 0 Å². The second kappa shape index (κ2) is 4.40. The van der Waals surface area contributed by atoms with E-state index in [1.165, 1.54) is 0 Å². The van der Waals surface area contributed by atoms with Crippen molar-refractivity contribution in [3.8, 4) is 11.5 Å². The molecule has 3 nitrogen and oxygen atoms in total. The number of pyridine rings is 1. The zero-order chi connectivity index (χ0) is 10.8. The molecule has 2 aromatic heterocycles. The number of halogens is 2. The summed E-state index contributed by atoms with van der Waals surface area (Å²) in [5, 5.41) is 0.464. The van der Waals surface area contributed by atoms with E-state index in [0.29, 0.717) is 11.0 Å². The van der Waals surface area contributed by atoms with E-state index in [1.807, 2.05) is 19.1 Å². The summed E-state index contributed by atoms with van der Waals surface area (Å²) in [5.74, 6) is 0.568. The van der Waals surface area contributed by atoms with Crippen LogP contribution in [0.4, 0.5) is 0 Å². The highest BCUT2D eigenvalue weighted by molar-refractivity contribution is 14.1. The van der Waals surface area contributed by atoms with Gasteiger partial charge in [-0.3, -0.25) is 4.98 Å². The molecule has 0 saturated heterocycles. The third-order valence-corrected chi connectivity index (χ3v) is 3.32. The van der Waals surface area contributed by atoms with Crippen LogP contribution in [0.3, 0.4) is 0 Å². The highest BCUT2D eigenvalue weighted by atomic mass is 127. The summed E-state index contributed by atoms with van der Waals surface area (Å²) >= 11 is 8.02. The van der Waals surface area contributed by atoms with Gasteiger partial charge in [0.15, 0.2) is 5.82 Å². The molecule has 0 amide bonds. The molecule has 76 valence electrons. The van der Waals surface area contributed by atoms with E-state index >= 15 is 0 Å². The fraction of sp³-hybridized carbons (Fsp3) is 0.100. The Balaban J connectivity index is 2.55. The van der Waals surface area contributed by atoms with Gasteiger partial charge in [0.1, 0.15) is 10.8 Å². The van der Waals surface area contributed by atoms with E-state index in [9.17, 15) is 0 Å². The Hall–Kier alpha value is -0.750. The first kappa shape index (κ1) is 10.8. The summed E-state index contributed by atoms with van der Waals surface area (Å²) in [7, 11) is 0. The summed E-state index contributed by atoms with van der Waals surface area (Å²) in [6, 6.07) is 3.85. The topological polar surface area (TPSA) is 38.7 Å². The molecule has 0 unspecified atom stereocenters. The number of rotatable bonds is 1. The van der Waals surface area contributed by atoms with Crippen LogP contribution in [-0.2, 0) is 0 Å². The number of aryl methyl sites for hydroxylation is 1. The smallest absolute Gasteiger partial charge is 0.179 e. The number of nitrogens with zero attached hydrogens (tertiary/aromatic N) is 3. The maximum Gasteiger partial charge on any atom is 0.179 e. The molecule has 0 fully saturated rings. The highest BCUT2D eigenvalue weighted by Gasteiger charge is 2.08. The van der Waals surface area contributed by atoms with Gasteiger partial charge in [-0.25, -0.2) is 9.97 Å². The molecule has 2 rings (SSSR count). The highest BCUT2D eigenvalue weighted by Crippen LogP contribution is 2.20. The van der Waals surface area contributed by atoms with Crippen molar-refractivity contribution in [2.45, 2.75) is 6.92 Å². The van der Waals surface area contributed by atoms with Crippen LogP contribution in [0.1, 0.15) is 5.56 Å². The minimum absolute atomic E-state index is 0.464. The van der Waals surface area contributed by atoms with Crippen LogP contribution in [0.25, 0.3) is 11.5 Å². The molecule has 2 heterocycles. The van der Waals surface area contributed by atoms with Gasteiger partial charge in [-0.05, 0) is 41.1 Å². The monoisotopic (exact) mass is 331 g/mol. The summed E-state index contributed by atoms with van der Waals surface area (Å²) in [6.07, 6.45) is 3.41. The predicted octanol–water partition coefficient (Wildman–Crippen LogP) is 3.11. The third kappa shape index (κ3) is 2.26. The molecular formula is C10H7ClIN3. The number of aromatic nitrogens is 3. The molecule has 0 radical (unpaired) electrons. The van der Waals surface area contributed by atoms with Crippen molar-refractivity contribution in [2.75, 3.05) is 0 Å². The predicted molar refractivity (Wildman–Crippen MR) is 67.7 cm³/mol. The zero-order valence-electron chi connectivity index (χ0n) is 7.91. The lowest BCUT2D eigenvalue weighted by atomic mass is 10.2. The first-order chi connectivity index (χ1) is 7.18. The van der Waals surface area contributed by atoms with Gasteiger partial charge in [-0.2, -0.15) is 0 Å². The molecular weight excluding hydrogens is 324 g/mol. The maximum atomic E-state index is 5.93. The van der Waals surface area contributed by atoms with Crippen molar-refractivity contribution in [3.63, 3.8) is 0 Å². The largest absolute Gasteiger partial charge is 0.253 e. The minimum atomic E-state index is 0.464. The Kier molecular flexibility index (Phi) is 3.16. The van der Waals surface area contributed by atoms with E-state index in [-0.39, 0.29) is 0 Å². The summed E-state index contributed by atoms with van der Waals surface area (Å²) in [6.45, 7) is 1.97. The fourth-order valence-electron chi connectivity index (χ4n) is 1.18. The van der Waals surface area contributed by atoms with Gasteiger partial charge < -0.3 is 0 Å². The van der Waals surface area contributed by atoms with Crippen LogP contribution < -0.4 is 0 Å². The van der Waals surface area contributed by atoms with E-state index in [1.54, 1.807) is 12.4 Å². The van der Waals surface area contributed by atoms with Crippen molar-refractivity contribution < 1.29 is 0 Å². The Morgan fingerprint density at radius 1 is 1.33 bits per heavy atom. The zero-order valence-corrected chi connectivity index (χ0v) is 10.8. The van der Waals surface area contributed by atoms with E-state index < -0.39 is 0 Å². The summed E-state index contributed by atoms with van der Waals surface area (Å²) in [4.78, 5) is 12.6. The van der Waals surface area contributed by atoms with Crippen LogP contribution in [-0.4, -0.2) is 15.0 Å². The Bertz CT molecular complexity index is 502. The quantitative estimate of drug-likeness (QED) is 0.595. The molecule has 15 heavy (non-hydrogen) atoms. The number of hydrogen-bond acceptors (Lipinski definition) is 3. The fourth-order valence-corrected chi connectivity index (χ4v) is 1.57. The van der Waals surface area contributed by atoms with Crippen molar-refractivity contribution in [2.24, 2.45) is 0 Å². The molecule has 0 saturated carbocycles.